The Labute approximate surface area is 104 Å². The summed E-state index contributed by atoms with van der Waals surface area (Å²) < 4.78 is 5.75. The number of nitrogen functional groups attached to an aromatic ring is 1. The van der Waals surface area contributed by atoms with Crippen LogP contribution in [0, 0.1) is 0 Å². The van der Waals surface area contributed by atoms with Gasteiger partial charge in [0.2, 0.25) is 0 Å². The van der Waals surface area contributed by atoms with E-state index >= 15 is 0 Å². The third-order valence-corrected chi connectivity index (χ3v) is 3.12. The van der Waals surface area contributed by atoms with Crippen molar-refractivity contribution in [3.05, 3.63) is 24.0 Å². The van der Waals surface area contributed by atoms with E-state index in [4.69, 9.17) is 15.4 Å². The molecule has 3 N–H and O–H groups in total. The number of hydrogen-bond donors (Lipinski definition) is 2. The molecular formula is C10H6N4O3S. The molecule has 90 valence electrons. The van der Waals surface area contributed by atoms with Crippen LogP contribution in [-0.2, 0) is 0 Å². The first-order valence-corrected chi connectivity index (χ1v) is 5.68. The number of carboxylic acid groups (broad SMARTS) is 1. The number of fused-ring (bicyclic) bond motifs is 1. The highest BCUT2D eigenvalue weighted by atomic mass is 32.1. The van der Waals surface area contributed by atoms with E-state index in [2.05, 4.69) is 15.1 Å². The van der Waals surface area contributed by atoms with Gasteiger partial charge < -0.3 is 15.4 Å². The van der Waals surface area contributed by atoms with Crippen molar-refractivity contribution in [1.82, 2.24) is 15.1 Å². The van der Waals surface area contributed by atoms with E-state index in [0.717, 1.165) is 10.2 Å². The number of hydrogen-bond acceptors (Lipinski definition) is 7. The van der Waals surface area contributed by atoms with Crippen LogP contribution >= 0.6 is 11.3 Å². The molecule has 0 radical (unpaired) electrons. The van der Waals surface area contributed by atoms with E-state index in [9.17, 15) is 4.79 Å². The van der Waals surface area contributed by atoms with E-state index in [1.165, 1.54) is 11.3 Å². The Hall–Kier alpha value is -2.48. The van der Waals surface area contributed by atoms with E-state index in [1.54, 1.807) is 18.2 Å². The van der Waals surface area contributed by atoms with Gasteiger partial charge in [-0.25, -0.2) is 9.78 Å². The molecule has 0 aliphatic carbocycles. The van der Waals surface area contributed by atoms with Gasteiger partial charge in [0.15, 0.2) is 5.13 Å². The largest absolute Gasteiger partial charge is 0.475 e. The van der Waals surface area contributed by atoms with Crippen molar-refractivity contribution in [3.8, 4) is 11.5 Å². The molecule has 2 aromatic heterocycles. The van der Waals surface area contributed by atoms with Crippen LogP contribution in [0.1, 0.15) is 10.6 Å². The Kier molecular flexibility index (Phi) is 2.23. The molecule has 3 aromatic rings. The van der Waals surface area contributed by atoms with Crippen molar-refractivity contribution in [1.29, 1.82) is 0 Å². The van der Waals surface area contributed by atoms with Crippen molar-refractivity contribution >= 4 is 32.7 Å². The lowest BCUT2D eigenvalue weighted by Crippen LogP contribution is -1.98. The lowest BCUT2D eigenvalue weighted by molar-refractivity contribution is 0.0680. The Morgan fingerprint density at radius 3 is 2.94 bits per heavy atom. The van der Waals surface area contributed by atoms with Crippen LogP contribution in [0.5, 0.6) is 0 Å². The molecule has 0 aliphatic heterocycles. The molecule has 0 fully saturated rings. The molecule has 0 atom stereocenters. The van der Waals surface area contributed by atoms with Gasteiger partial charge in [-0.1, -0.05) is 11.3 Å². The molecule has 0 saturated carbocycles. The maximum Gasteiger partial charge on any atom is 0.377 e. The third kappa shape index (κ3) is 1.68. The predicted octanol–water partition coefficient (Wildman–Crippen LogP) is 1.63. The zero-order valence-corrected chi connectivity index (χ0v) is 9.64. The minimum atomic E-state index is -1.23. The average Bonchev–Trinajstić information content (AvgIpc) is 2.91. The molecule has 0 unspecified atom stereocenters. The van der Waals surface area contributed by atoms with Gasteiger partial charge in [0.05, 0.1) is 10.2 Å². The predicted molar refractivity (Wildman–Crippen MR) is 64.3 cm³/mol. The van der Waals surface area contributed by atoms with Gasteiger partial charge in [-0.15, -0.1) is 0 Å². The fourth-order valence-corrected chi connectivity index (χ4v) is 2.28. The van der Waals surface area contributed by atoms with Crippen molar-refractivity contribution in [2.24, 2.45) is 0 Å². The van der Waals surface area contributed by atoms with Gasteiger partial charge in [0.1, 0.15) is 0 Å². The Morgan fingerprint density at radius 2 is 2.22 bits per heavy atom. The normalized spacial score (nSPS) is 10.9. The Bertz CT molecular complexity index is 749. The summed E-state index contributed by atoms with van der Waals surface area (Å²) in [5.74, 6) is -1.44. The molecule has 7 nitrogen and oxygen atoms in total. The number of nitrogens with two attached hydrogens (primary N) is 1. The summed E-state index contributed by atoms with van der Waals surface area (Å²) in [6, 6.07) is 5.27. The molecular weight excluding hydrogens is 256 g/mol. The summed E-state index contributed by atoms with van der Waals surface area (Å²) >= 11 is 1.33. The molecule has 18 heavy (non-hydrogen) atoms. The van der Waals surface area contributed by atoms with Gasteiger partial charge in [-0.3, -0.25) is 0 Å². The Balaban J connectivity index is 2.09. The SMILES string of the molecule is Nc1nc2ccc(-c3nc(C(=O)O)no3)cc2s1. The smallest absolute Gasteiger partial charge is 0.377 e. The summed E-state index contributed by atoms with van der Waals surface area (Å²) in [5.41, 5.74) is 7.01. The minimum absolute atomic E-state index is 0.154. The molecule has 0 spiro atoms. The van der Waals surface area contributed by atoms with Gasteiger partial charge in [-0.05, 0) is 23.4 Å². The van der Waals surface area contributed by atoms with Crippen LogP contribution < -0.4 is 5.73 Å². The zero-order chi connectivity index (χ0) is 12.7. The number of anilines is 1. The second kappa shape index (κ2) is 3.77. The van der Waals surface area contributed by atoms with E-state index in [0.29, 0.717) is 10.7 Å². The van der Waals surface area contributed by atoms with Gasteiger partial charge in [-0.2, -0.15) is 4.98 Å². The standard InChI is InChI=1S/C10H6N4O3S/c11-10-12-5-2-1-4(3-6(5)18-10)8-13-7(9(15)16)14-17-8/h1-3H,(H2,11,12)(H,15,16). The minimum Gasteiger partial charge on any atom is -0.475 e. The van der Waals surface area contributed by atoms with Crippen molar-refractivity contribution in [3.63, 3.8) is 0 Å². The average molecular weight is 262 g/mol. The molecule has 8 heteroatoms. The van der Waals surface area contributed by atoms with Crippen LogP contribution in [-0.4, -0.2) is 26.2 Å². The first kappa shape index (κ1) is 10.7. The van der Waals surface area contributed by atoms with Gasteiger partial charge in [0, 0.05) is 5.56 Å². The summed E-state index contributed by atoms with van der Waals surface area (Å²) in [5, 5.41) is 12.5. The van der Waals surface area contributed by atoms with Crippen molar-refractivity contribution in [2.75, 3.05) is 5.73 Å². The summed E-state index contributed by atoms with van der Waals surface area (Å²) in [4.78, 5) is 18.5. The van der Waals surface area contributed by atoms with Crippen LogP contribution in [0.3, 0.4) is 0 Å². The third-order valence-electron chi connectivity index (χ3n) is 2.27. The second-order valence-corrected chi connectivity index (χ2v) is 4.53. The first-order chi connectivity index (χ1) is 8.63. The molecule has 3 rings (SSSR count). The summed E-state index contributed by atoms with van der Waals surface area (Å²) in [7, 11) is 0. The van der Waals surface area contributed by atoms with E-state index < -0.39 is 5.97 Å². The summed E-state index contributed by atoms with van der Waals surface area (Å²) in [6.45, 7) is 0. The number of nitrogens with zero attached hydrogens (tertiary/aromatic N) is 3. The molecule has 0 amide bonds. The fraction of sp³-hybridized carbons (Fsp3) is 0. The van der Waals surface area contributed by atoms with Gasteiger partial charge >= 0.3 is 5.97 Å². The number of carboxylic acids is 1. The van der Waals surface area contributed by atoms with Crippen molar-refractivity contribution in [2.45, 2.75) is 0 Å². The maximum atomic E-state index is 10.7. The molecule has 1 aromatic carbocycles. The van der Waals surface area contributed by atoms with Crippen LogP contribution in [0.4, 0.5) is 5.13 Å². The monoisotopic (exact) mass is 262 g/mol. The lowest BCUT2D eigenvalue weighted by atomic mass is 10.2. The van der Waals surface area contributed by atoms with E-state index in [-0.39, 0.29) is 11.7 Å². The van der Waals surface area contributed by atoms with Gasteiger partial charge in [0.25, 0.3) is 11.7 Å². The molecule has 0 saturated heterocycles. The van der Waals surface area contributed by atoms with Crippen molar-refractivity contribution < 1.29 is 14.4 Å². The quantitative estimate of drug-likeness (QED) is 0.720. The number of aromatic carboxylic acids is 1. The highest BCUT2D eigenvalue weighted by Crippen LogP contribution is 2.28. The number of benzene rings is 1. The van der Waals surface area contributed by atoms with Crippen LogP contribution in [0.15, 0.2) is 22.7 Å². The number of aromatic nitrogens is 3. The van der Waals surface area contributed by atoms with Crippen LogP contribution in [0.25, 0.3) is 21.7 Å². The van der Waals surface area contributed by atoms with E-state index in [1.807, 2.05) is 0 Å². The highest BCUT2D eigenvalue weighted by molar-refractivity contribution is 7.22. The number of thiazole rings is 1. The molecule has 2 heterocycles. The van der Waals surface area contributed by atoms with Crippen LogP contribution in [0.2, 0.25) is 0 Å². The second-order valence-electron chi connectivity index (χ2n) is 3.46. The molecule has 0 bridgehead atoms. The fourth-order valence-electron chi connectivity index (χ4n) is 1.50. The lowest BCUT2D eigenvalue weighted by Gasteiger charge is -1.92. The zero-order valence-electron chi connectivity index (χ0n) is 8.82. The Morgan fingerprint density at radius 1 is 1.39 bits per heavy atom. The summed E-state index contributed by atoms with van der Waals surface area (Å²) in [6.07, 6.45) is 0. The highest BCUT2D eigenvalue weighted by Gasteiger charge is 2.15. The maximum absolute atomic E-state index is 10.7. The molecule has 0 aliphatic rings. The number of rotatable bonds is 2. The topological polar surface area (TPSA) is 115 Å². The number of carbonyl (C=O) groups is 1. The first-order valence-electron chi connectivity index (χ1n) is 4.87.